The summed E-state index contributed by atoms with van der Waals surface area (Å²) in [5.41, 5.74) is 1.22. The van der Waals surface area contributed by atoms with Gasteiger partial charge in [0.25, 0.3) is 0 Å². The monoisotopic (exact) mass is 383 g/mol. The molecule has 1 aliphatic rings. The van der Waals surface area contributed by atoms with Crippen LogP contribution in [-0.4, -0.2) is 54.7 Å². The van der Waals surface area contributed by atoms with Crippen LogP contribution in [0.2, 0.25) is 5.02 Å². The summed E-state index contributed by atoms with van der Waals surface area (Å²) < 4.78 is 5.78. The molecule has 1 heterocycles. The van der Waals surface area contributed by atoms with E-state index in [1.165, 1.54) is 5.56 Å². The van der Waals surface area contributed by atoms with Gasteiger partial charge in [-0.3, -0.25) is 4.99 Å². The molecule has 0 atom stereocenters. The number of ether oxygens (including phenoxy) is 1. The molecule has 25 heavy (non-hydrogen) atoms. The Morgan fingerprint density at radius 1 is 1.28 bits per heavy atom. The molecule has 0 unspecified atom stereocenters. The van der Waals surface area contributed by atoms with E-state index in [-0.39, 0.29) is 4.75 Å². The first-order valence-electron chi connectivity index (χ1n) is 9.04. The smallest absolute Gasteiger partial charge is 0.194 e. The molecule has 1 fully saturated rings. The summed E-state index contributed by atoms with van der Waals surface area (Å²) in [6.07, 6.45) is 2.16. The summed E-state index contributed by atoms with van der Waals surface area (Å²) in [6, 6.07) is 8.00. The fourth-order valence-corrected chi connectivity index (χ4v) is 4.37. The molecule has 1 aromatic rings. The second kappa shape index (κ2) is 10.3. The molecule has 1 aliphatic heterocycles. The first-order chi connectivity index (χ1) is 12.1. The molecule has 0 bridgehead atoms. The molecule has 4 nitrogen and oxygen atoms in total. The van der Waals surface area contributed by atoms with Crippen LogP contribution in [0, 0.1) is 0 Å². The second-order valence-corrected chi connectivity index (χ2v) is 8.55. The van der Waals surface area contributed by atoms with Crippen LogP contribution >= 0.6 is 23.4 Å². The fraction of sp³-hybridized carbons (Fsp3) is 0.632. The number of thioether (sulfide) groups is 1. The summed E-state index contributed by atoms with van der Waals surface area (Å²) in [5, 5.41) is 4.19. The van der Waals surface area contributed by atoms with Crippen molar-refractivity contribution in [2.75, 3.05) is 39.1 Å². The lowest BCUT2D eigenvalue weighted by Gasteiger charge is -2.35. The predicted molar refractivity (Wildman–Crippen MR) is 110 cm³/mol. The lowest BCUT2D eigenvalue weighted by molar-refractivity contribution is 0.0793. The van der Waals surface area contributed by atoms with Crippen LogP contribution in [-0.2, 0) is 11.3 Å². The summed E-state index contributed by atoms with van der Waals surface area (Å²) in [6.45, 7) is 8.53. The summed E-state index contributed by atoms with van der Waals surface area (Å²) >= 11 is 8.01. The average Bonchev–Trinajstić information content (AvgIpc) is 2.61. The topological polar surface area (TPSA) is 36.9 Å². The standard InChI is InChI=1S/C19H30ClN3OS/c1-4-21-18(23(3)14-16-6-8-17(20)9-7-16)22-15-19(25-5-2)10-12-24-13-11-19/h6-9H,4-5,10-15H2,1-3H3,(H,21,22). The van der Waals surface area contributed by atoms with Crippen molar-refractivity contribution in [2.45, 2.75) is 38.0 Å². The van der Waals surface area contributed by atoms with Gasteiger partial charge >= 0.3 is 0 Å². The minimum absolute atomic E-state index is 0.217. The zero-order valence-electron chi connectivity index (χ0n) is 15.6. The van der Waals surface area contributed by atoms with Gasteiger partial charge in [-0.05, 0) is 43.2 Å². The zero-order valence-corrected chi connectivity index (χ0v) is 17.1. The molecule has 2 rings (SSSR count). The summed E-state index contributed by atoms with van der Waals surface area (Å²) in [7, 11) is 2.08. The number of rotatable bonds is 7. The third-order valence-corrected chi connectivity index (χ3v) is 6.09. The third-order valence-electron chi connectivity index (χ3n) is 4.40. The van der Waals surface area contributed by atoms with Gasteiger partial charge in [0, 0.05) is 43.1 Å². The molecule has 0 aliphatic carbocycles. The van der Waals surface area contributed by atoms with Crippen molar-refractivity contribution in [2.24, 2.45) is 4.99 Å². The maximum atomic E-state index is 5.98. The largest absolute Gasteiger partial charge is 0.381 e. The Balaban J connectivity index is 2.06. The van der Waals surface area contributed by atoms with Crippen molar-refractivity contribution in [1.82, 2.24) is 10.2 Å². The molecule has 1 N–H and O–H groups in total. The van der Waals surface area contributed by atoms with Crippen LogP contribution in [0.1, 0.15) is 32.3 Å². The van der Waals surface area contributed by atoms with E-state index in [0.29, 0.717) is 0 Å². The lowest BCUT2D eigenvalue weighted by Crippen LogP contribution is -2.41. The molecule has 0 aromatic heterocycles. The van der Waals surface area contributed by atoms with Crippen LogP contribution in [0.5, 0.6) is 0 Å². The molecule has 140 valence electrons. The maximum Gasteiger partial charge on any atom is 0.194 e. The zero-order chi connectivity index (χ0) is 18.1. The number of nitrogens with zero attached hydrogens (tertiary/aromatic N) is 2. The highest BCUT2D eigenvalue weighted by Gasteiger charge is 2.32. The Bertz CT molecular complexity index is 539. The molecule has 0 saturated carbocycles. The minimum Gasteiger partial charge on any atom is -0.381 e. The van der Waals surface area contributed by atoms with Gasteiger partial charge in [0.15, 0.2) is 5.96 Å². The molecular formula is C19H30ClN3OS. The quantitative estimate of drug-likeness (QED) is 0.569. The molecule has 0 spiro atoms. The second-order valence-electron chi connectivity index (χ2n) is 6.38. The van der Waals surface area contributed by atoms with Crippen molar-refractivity contribution in [3.8, 4) is 0 Å². The fourth-order valence-electron chi connectivity index (χ4n) is 3.02. The van der Waals surface area contributed by atoms with Crippen molar-refractivity contribution >= 4 is 29.3 Å². The van der Waals surface area contributed by atoms with Gasteiger partial charge in [0.05, 0.1) is 6.54 Å². The van der Waals surface area contributed by atoms with E-state index < -0.39 is 0 Å². The Kier molecular flexibility index (Phi) is 8.40. The molecule has 1 aromatic carbocycles. The first kappa shape index (κ1) is 20.4. The molecule has 0 radical (unpaired) electrons. The van der Waals surface area contributed by atoms with Crippen molar-refractivity contribution < 1.29 is 4.74 Å². The number of hydrogen-bond donors (Lipinski definition) is 1. The van der Waals surface area contributed by atoms with Gasteiger partial charge in [-0.2, -0.15) is 11.8 Å². The van der Waals surface area contributed by atoms with E-state index in [9.17, 15) is 0 Å². The molecule has 0 amide bonds. The highest BCUT2D eigenvalue weighted by atomic mass is 35.5. The first-order valence-corrected chi connectivity index (χ1v) is 10.4. The van der Waals surface area contributed by atoms with E-state index in [2.05, 4.69) is 43.2 Å². The Morgan fingerprint density at radius 3 is 2.56 bits per heavy atom. The number of hydrogen-bond acceptors (Lipinski definition) is 3. The Morgan fingerprint density at radius 2 is 1.96 bits per heavy atom. The highest BCUT2D eigenvalue weighted by Crippen LogP contribution is 2.35. The number of nitrogens with one attached hydrogen (secondary N) is 1. The summed E-state index contributed by atoms with van der Waals surface area (Å²) in [5.74, 6) is 2.08. The number of benzene rings is 1. The van der Waals surface area contributed by atoms with E-state index in [0.717, 1.165) is 62.4 Å². The van der Waals surface area contributed by atoms with E-state index >= 15 is 0 Å². The average molecular weight is 384 g/mol. The number of aliphatic imine (C=N–C) groups is 1. The molecule has 1 saturated heterocycles. The van der Waals surface area contributed by atoms with E-state index in [1.54, 1.807) is 0 Å². The van der Waals surface area contributed by atoms with Crippen LogP contribution < -0.4 is 5.32 Å². The normalized spacial score (nSPS) is 17.4. The van der Waals surface area contributed by atoms with Gasteiger partial charge in [-0.1, -0.05) is 30.7 Å². The van der Waals surface area contributed by atoms with Crippen molar-refractivity contribution in [3.63, 3.8) is 0 Å². The Labute approximate surface area is 161 Å². The Hall–Kier alpha value is -0.910. The van der Waals surface area contributed by atoms with Crippen LogP contribution in [0.15, 0.2) is 29.3 Å². The summed E-state index contributed by atoms with van der Waals surface area (Å²) in [4.78, 5) is 7.15. The highest BCUT2D eigenvalue weighted by molar-refractivity contribution is 8.00. The van der Waals surface area contributed by atoms with E-state index in [1.807, 2.05) is 23.9 Å². The minimum atomic E-state index is 0.217. The SMILES string of the molecule is CCNC(=NCC1(SCC)CCOCC1)N(C)Cc1ccc(Cl)cc1. The van der Waals surface area contributed by atoms with Crippen LogP contribution in [0.3, 0.4) is 0 Å². The van der Waals surface area contributed by atoms with Gasteiger partial charge in [0.2, 0.25) is 0 Å². The van der Waals surface area contributed by atoms with Gasteiger partial charge in [0.1, 0.15) is 0 Å². The van der Waals surface area contributed by atoms with Crippen molar-refractivity contribution in [1.29, 1.82) is 0 Å². The number of halogens is 1. The molecular weight excluding hydrogens is 354 g/mol. The predicted octanol–water partition coefficient (Wildman–Crippen LogP) is 4.04. The van der Waals surface area contributed by atoms with Crippen LogP contribution in [0.4, 0.5) is 0 Å². The van der Waals surface area contributed by atoms with Gasteiger partial charge in [-0.15, -0.1) is 0 Å². The number of guanidine groups is 1. The third kappa shape index (κ3) is 6.39. The lowest BCUT2D eigenvalue weighted by atomic mass is 9.99. The van der Waals surface area contributed by atoms with E-state index in [4.69, 9.17) is 21.3 Å². The van der Waals surface area contributed by atoms with Crippen molar-refractivity contribution in [3.05, 3.63) is 34.9 Å². The van der Waals surface area contributed by atoms with Gasteiger partial charge < -0.3 is 15.0 Å². The molecule has 6 heteroatoms. The maximum absolute atomic E-state index is 5.98. The van der Waals surface area contributed by atoms with Gasteiger partial charge in [-0.25, -0.2) is 0 Å². The van der Waals surface area contributed by atoms with Crippen LogP contribution in [0.25, 0.3) is 0 Å².